The lowest BCUT2D eigenvalue weighted by atomic mass is 10.1. The number of aromatic nitrogens is 2. The number of benzene rings is 1. The highest BCUT2D eigenvalue weighted by Crippen LogP contribution is 2.37. The van der Waals surface area contributed by atoms with Crippen LogP contribution in [0.15, 0.2) is 51.2 Å². The molecule has 5 rings (SSSR count). The van der Waals surface area contributed by atoms with Gasteiger partial charge in [0.15, 0.2) is 0 Å². The van der Waals surface area contributed by atoms with Crippen molar-refractivity contribution < 1.29 is 9.32 Å². The van der Waals surface area contributed by atoms with E-state index in [0.29, 0.717) is 18.3 Å². The van der Waals surface area contributed by atoms with Gasteiger partial charge in [0.05, 0.1) is 16.7 Å². The third kappa shape index (κ3) is 3.59. The van der Waals surface area contributed by atoms with Gasteiger partial charge in [-0.3, -0.25) is 9.69 Å². The second kappa shape index (κ2) is 7.69. The molecule has 2 aliphatic rings. The van der Waals surface area contributed by atoms with Crippen LogP contribution in [0.4, 0.5) is 0 Å². The van der Waals surface area contributed by atoms with Crippen LogP contribution in [0.2, 0.25) is 0 Å². The van der Waals surface area contributed by atoms with Crippen molar-refractivity contribution in [3.63, 3.8) is 0 Å². The average Bonchev–Trinajstić information content (AvgIpc) is 3.47. The molecule has 0 aliphatic carbocycles. The number of carbonyl (C=O) groups excluding carboxylic acids is 1. The van der Waals surface area contributed by atoms with Gasteiger partial charge in [-0.05, 0) is 29.5 Å². The maximum absolute atomic E-state index is 12.9. The summed E-state index contributed by atoms with van der Waals surface area (Å²) in [6.07, 6.45) is 0.841. The number of rotatable bonds is 4. The number of fused-ring (bicyclic) bond motifs is 1. The maximum atomic E-state index is 12.9. The van der Waals surface area contributed by atoms with Gasteiger partial charge in [-0.15, -0.1) is 23.1 Å². The minimum Gasteiger partial charge on any atom is -0.339 e. The Bertz CT molecular complexity index is 939. The number of thioether (sulfide) groups is 1. The van der Waals surface area contributed by atoms with Crippen molar-refractivity contribution in [2.75, 3.05) is 26.2 Å². The van der Waals surface area contributed by atoms with Gasteiger partial charge in [-0.1, -0.05) is 29.4 Å². The van der Waals surface area contributed by atoms with Crippen LogP contribution in [0.5, 0.6) is 0 Å². The topological polar surface area (TPSA) is 62.5 Å². The molecule has 3 aromatic rings. The molecule has 1 saturated heterocycles. The molecule has 1 aromatic carbocycles. The zero-order valence-electron chi connectivity index (χ0n) is 15.3. The Labute approximate surface area is 171 Å². The third-order valence-corrected chi connectivity index (χ3v) is 7.35. The Kier molecular flexibility index (Phi) is 4.92. The van der Waals surface area contributed by atoms with Crippen LogP contribution in [0.1, 0.15) is 11.5 Å². The fraction of sp³-hybridized carbons (Fsp3) is 0.350. The molecule has 1 unspecified atom stereocenters. The van der Waals surface area contributed by atoms with Crippen molar-refractivity contribution in [3.8, 4) is 10.7 Å². The first-order valence-electron chi connectivity index (χ1n) is 9.38. The lowest BCUT2D eigenvalue weighted by Gasteiger charge is -2.35. The van der Waals surface area contributed by atoms with E-state index >= 15 is 0 Å². The number of hydrogen-bond acceptors (Lipinski definition) is 7. The summed E-state index contributed by atoms with van der Waals surface area (Å²) in [5.41, 5.74) is 1.29. The first-order chi connectivity index (χ1) is 13.8. The number of amides is 1. The van der Waals surface area contributed by atoms with Gasteiger partial charge in [-0.25, -0.2) is 0 Å². The molecule has 0 radical (unpaired) electrons. The van der Waals surface area contributed by atoms with Gasteiger partial charge in [0.25, 0.3) is 0 Å². The van der Waals surface area contributed by atoms with Gasteiger partial charge in [0, 0.05) is 31.1 Å². The van der Waals surface area contributed by atoms with Gasteiger partial charge >= 0.3 is 0 Å². The van der Waals surface area contributed by atoms with Crippen molar-refractivity contribution in [1.29, 1.82) is 0 Å². The fourth-order valence-corrected chi connectivity index (χ4v) is 5.59. The Morgan fingerprint density at radius 2 is 2.00 bits per heavy atom. The number of thiophene rings is 1. The lowest BCUT2D eigenvalue weighted by Crippen LogP contribution is -2.50. The summed E-state index contributed by atoms with van der Waals surface area (Å²) in [6.45, 7) is 3.78. The molecular weight excluding hydrogens is 392 g/mol. The molecule has 2 aliphatic heterocycles. The highest BCUT2D eigenvalue weighted by atomic mass is 32.2. The predicted molar refractivity (Wildman–Crippen MR) is 109 cm³/mol. The third-order valence-electron chi connectivity index (χ3n) is 5.18. The minimum atomic E-state index is 0.0215. The average molecular weight is 413 g/mol. The monoisotopic (exact) mass is 412 g/mol. The van der Waals surface area contributed by atoms with E-state index < -0.39 is 0 Å². The quantitative estimate of drug-likeness (QED) is 0.656. The molecule has 0 spiro atoms. The maximum Gasteiger partial charge on any atom is 0.241 e. The van der Waals surface area contributed by atoms with Crippen LogP contribution in [-0.4, -0.2) is 57.3 Å². The number of nitrogens with zero attached hydrogens (tertiary/aromatic N) is 4. The molecular formula is C20H20N4O2S2. The first-order valence-corrected chi connectivity index (χ1v) is 11.1. The van der Waals surface area contributed by atoms with Crippen LogP contribution in [0.3, 0.4) is 0 Å². The van der Waals surface area contributed by atoms with E-state index in [1.54, 1.807) is 23.1 Å². The zero-order valence-corrected chi connectivity index (χ0v) is 16.9. The van der Waals surface area contributed by atoms with Gasteiger partial charge in [0.1, 0.15) is 0 Å². The van der Waals surface area contributed by atoms with Crippen molar-refractivity contribution in [2.45, 2.75) is 23.1 Å². The van der Waals surface area contributed by atoms with Crippen LogP contribution in [0.25, 0.3) is 10.7 Å². The summed E-state index contributed by atoms with van der Waals surface area (Å²) < 4.78 is 5.40. The number of piperazine rings is 1. The fourth-order valence-electron chi connectivity index (χ4n) is 3.67. The van der Waals surface area contributed by atoms with E-state index in [1.165, 1.54) is 10.5 Å². The molecule has 1 amide bonds. The van der Waals surface area contributed by atoms with E-state index in [4.69, 9.17) is 4.52 Å². The summed E-state index contributed by atoms with van der Waals surface area (Å²) in [7, 11) is 0. The van der Waals surface area contributed by atoms with E-state index in [-0.39, 0.29) is 11.2 Å². The van der Waals surface area contributed by atoms with E-state index in [2.05, 4.69) is 27.2 Å². The molecule has 4 heterocycles. The molecule has 1 atom stereocenters. The molecule has 144 valence electrons. The Morgan fingerprint density at radius 3 is 2.79 bits per heavy atom. The second-order valence-corrected chi connectivity index (χ2v) is 9.20. The van der Waals surface area contributed by atoms with E-state index in [9.17, 15) is 4.79 Å². The molecule has 0 bridgehead atoms. The largest absolute Gasteiger partial charge is 0.339 e. The summed E-state index contributed by atoms with van der Waals surface area (Å²) in [4.78, 5) is 23.9. The summed E-state index contributed by atoms with van der Waals surface area (Å²) in [5, 5.41) is 6.09. The van der Waals surface area contributed by atoms with Crippen molar-refractivity contribution in [3.05, 3.63) is 53.2 Å². The van der Waals surface area contributed by atoms with Crippen LogP contribution < -0.4 is 0 Å². The summed E-state index contributed by atoms with van der Waals surface area (Å²) in [5.74, 6) is 1.54. The lowest BCUT2D eigenvalue weighted by molar-refractivity contribution is -0.132. The molecule has 1 fully saturated rings. The Balaban J connectivity index is 1.14. The molecule has 8 heteroatoms. The molecule has 2 aromatic heterocycles. The van der Waals surface area contributed by atoms with E-state index in [1.807, 2.05) is 34.5 Å². The number of carbonyl (C=O) groups is 1. The van der Waals surface area contributed by atoms with Crippen LogP contribution in [-0.2, 0) is 17.8 Å². The Hall–Kier alpha value is -2.16. The van der Waals surface area contributed by atoms with Gasteiger partial charge in [-0.2, -0.15) is 4.98 Å². The first kappa shape index (κ1) is 17.9. The number of hydrogen-bond donors (Lipinski definition) is 0. The standard InChI is InChI=1S/C20H20N4O2S2/c25-20(17-12-14-4-1-2-5-15(14)28-17)24-9-7-23(8-10-24)13-18-21-19(22-26-18)16-6-3-11-27-16/h1-6,11,17H,7-10,12-13H2. The normalized spacial score (nSPS) is 19.7. The van der Waals surface area contributed by atoms with Crippen LogP contribution in [0, 0.1) is 0 Å². The smallest absolute Gasteiger partial charge is 0.241 e. The van der Waals surface area contributed by atoms with Crippen molar-refractivity contribution >= 4 is 29.0 Å². The predicted octanol–water partition coefficient (Wildman–Crippen LogP) is 3.16. The highest BCUT2D eigenvalue weighted by Gasteiger charge is 2.33. The summed E-state index contributed by atoms with van der Waals surface area (Å²) >= 11 is 3.31. The SMILES string of the molecule is O=C(C1Cc2ccccc2S1)N1CCN(Cc2nc(-c3cccs3)no2)CC1. The van der Waals surface area contributed by atoms with Crippen molar-refractivity contribution in [2.24, 2.45) is 0 Å². The van der Waals surface area contributed by atoms with E-state index in [0.717, 1.165) is 37.5 Å². The molecule has 6 nitrogen and oxygen atoms in total. The molecule has 0 N–H and O–H groups in total. The van der Waals surface area contributed by atoms with Gasteiger partial charge in [0.2, 0.25) is 17.6 Å². The zero-order chi connectivity index (χ0) is 18.9. The van der Waals surface area contributed by atoms with Crippen LogP contribution >= 0.6 is 23.1 Å². The molecule has 28 heavy (non-hydrogen) atoms. The Morgan fingerprint density at radius 1 is 1.14 bits per heavy atom. The highest BCUT2D eigenvalue weighted by molar-refractivity contribution is 8.01. The minimum absolute atomic E-state index is 0.0215. The summed E-state index contributed by atoms with van der Waals surface area (Å²) in [6, 6.07) is 12.3. The van der Waals surface area contributed by atoms with Gasteiger partial charge < -0.3 is 9.42 Å². The second-order valence-electron chi connectivity index (χ2n) is 7.01. The van der Waals surface area contributed by atoms with Crippen molar-refractivity contribution in [1.82, 2.24) is 19.9 Å². The molecule has 0 saturated carbocycles.